The normalized spacial score (nSPS) is 13.0. The summed E-state index contributed by atoms with van der Waals surface area (Å²) >= 11 is 1.61. The maximum atomic E-state index is 8.84. The number of hydrogen-bond donors (Lipinski definition) is 3. The first-order valence-corrected chi connectivity index (χ1v) is 5.67. The molecule has 0 fully saturated rings. The second kappa shape index (κ2) is 6.80. The highest BCUT2D eigenvalue weighted by atomic mass is 32.2. The Hall–Kier alpha value is -0.590. The van der Waals surface area contributed by atoms with Crippen LogP contribution in [0.3, 0.4) is 0 Å². The number of nitrogens with one attached hydrogen (secondary N) is 2. The topological polar surface area (TPSA) is 73.8 Å². The van der Waals surface area contributed by atoms with Crippen molar-refractivity contribution < 1.29 is 5.11 Å². The fourth-order valence-corrected chi connectivity index (χ4v) is 2.01. The van der Waals surface area contributed by atoms with Crippen LogP contribution in [0.4, 0.5) is 0 Å². The number of rotatable bonds is 7. The monoisotopic (exact) mass is 216 g/mol. The number of nitrogens with zero attached hydrogens (tertiary/aromatic N) is 2. The van der Waals surface area contributed by atoms with Gasteiger partial charge in [0.25, 0.3) is 0 Å². The molecule has 0 saturated heterocycles. The zero-order chi connectivity index (χ0) is 10.2. The Bertz CT molecular complexity index is 223. The van der Waals surface area contributed by atoms with Gasteiger partial charge in [0.05, 0.1) is 0 Å². The molecule has 0 radical (unpaired) electrons. The van der Waals surface area contributed by atoms with E-state index in [4.69, 9.17) is 5.11 Å². The molecule has 1 rings (SSSR count). The van der Waals surface area contributed by atoms with E-state index in [1.165, 1.54) is 6.33 Å². The summed E-state index contributed by atoms with van der Waals surface area (Å²) in [6.45, 7) is 3.19. The van der Waals surface area contributed by atoms with Gasteiger partial charge in [-0.15, -0.1) is 0 Å². The van der Waals surface area contributed by atoms with Crippen LogP contribution in [0, 0.1) is 0 Å². The van der Waals surface area contributed by atoms with Crippen LogP contribution in [0.1, 0.15) is 13.3 Å². The highest BCUT2D eigenvalue weighted by molar-refractivity contribution is 7.99. The Morgan fingerprint density at radius 2 is 2.57 bits per heavy atom. The second-order valence-corrected chi connectivity index (χ2v) is 3.88. The van der Waals surface area contributed by atoms with Crippen molar-refractivity contribution in [1.29, 1.82) is 0 Å². The third-order valence-corrected chi connectivity index (χ3v) is 2.82. The highest BCUT2D eigenvalue weighted by Crippen LogP contribution is 2.13. The first-order chi connectivity index (χ1) is 6.86. The summed E-state index contributed by atoms with van der Waals surface area (Å²) in [7, 11) is 0. The SMILES string of the molecule is CCNC(CCO)CSc1ncn[nH]1. The van der Waals surface area contributed by atoms with E-state index < -0.39 is 0 Å². The van der Waals surface area contributed by atoms with Crippen molar-refractivity contribution in [3.05, 3.63) is 6.33 Å². The van der Waals surface area contributed by atoms with Crippen molar-refractivity contribution >= 4 is 11.8 Å². The number of aliphatic hydroxyl groups excluding tert-OH is 1. The molecule has 6 heteroatoms. The minimum absolute atomic E-state index is 0.217. The van der Waals surface area contributed by atoms with Crippen LogP contribution in [0.25, 0.3) is 0 Å². The molecule has 5 nitrogen and oxygen atoms in total. The van der Waals surface area contributed by atoms with Crippen molar-refractivity contribution in [3.63, 3.8) is 0 Å². The average Bonchev–Trinajstić information content (AvgIpc) is 2.67. The molecule has 0 saturated carbocycles. The van der Waals surface area contributed by atoms with Crippen molar-refractivity contribution in [3.8, 4) is 0 Å². The number of aromatic nitrogens is 3. The van der Waals surface area contributed by atoms with Gasteiger partial charge in [-0.3, -0.25) is 5.10 Å². The van der Waals surface area contributed by atoms with Crippen LogP contribution < -0.4 is 5.32 Å². The molecule has 14 heavy (non-hydrogen) atoms. The van der Waals surface area contributed by atoms with E-state index in [9.17, 15) is 0 Å². The molecule has 0 aliphatic heterocycles. The molecule has 1 aromatic rings. The molecular formula is C8H16N4OS. The number of hydrogen-bond acceptors (Lipinski definition) is 5. The molecule has 1 unspecified atom stereocenters. The minimum atomic E-state index is 0.217. The van der Waals surface area contributed by atoms with Gasteiger partial charge in [0.15, 0.2) is 5.16 Å². The molecule has 0 aliphatic rings. The molecule has 1 atom stereocenters. The van der Waals surface area contributed by atoms with Gasteiger partial charge < -0.3 is 10.4 Å². The van der Waals surface area contributed by atoms with Crippen LogP contribution >= 0.6 is 11.8 Å². The fourth-order valence-electron chi connectivity index (χ4n) is 1.13. The van der Waals surface area contributed by atoms with Gasteiger partial charge in [0.2, 0.25) is 0 Å². The second-order valence-electron chi connectivity index (χ2n) is 2.87. The molecule has 80 valence electrons. The van der Waals surface area contributed by atoms with Gasteiger partial charge >= 0.3 is 0 Å². The summed E-state index contributed by atoms with van der Waals surface area (Å²) in [5.74, 6) is 0.892. The number of aromatic amines is 1. The number of thioether (sulfide) groups is 1. The summed E-state index contributed by atoms with van der Waals surface area (Å²) in [6, 6.07) is 0.333. The zero-order valence-corrected chi connectivity index (χ0v) is 9.05. The summed E-state index contributed by atoms with van der Waals surface area (Å²) < 4.78 is 0. The zero-order valence-electron chi connectivity index (χ0n) is 8.23. The van der Waals surface area contributed by atoms with E-state index >= 15 is 0 Å². The van der Waals surface area contributed by atoms with E-state index in [0.29, 0.717) is 6.04 Å². The quantitative estimate of drug-likeness (QED) is 0.570. The smallest absolute Gasteiger partial charge is 0.183 e. The maximum absolute atomic E-state index is 8.84. The van der Waals surface area contributed by atoms with Crippen LogP contribution in [-0.4, -0.2) is 45.2 Å². The van der Waals surface area contributed by atoms with Gasteiger partial charge in [-0.05, 0) is 13.0 Å². The van der Waals surface area contributed by atoms with Gasteiger partial charge in [-0.1, -0.05) is 18.7 Å². The number of H-pyrrole nitrogens is 1. The third-order valence-electron chi connectivity index (χ3n) is 1.78. The van der Waals surface area contributed by atoms with Crippen LogP contribution in [0.15, 0.2) is 11.5 Å². The first-order valence-electron chi connectivity index (χ1n) is 4.69. The highest BCUT2D eigenvalue weighted by Gasteiger charge is 2.07. The lowest BCUT2D eigenvalue weighted by Crippen LogP contribution is -2.32. The predicted octanol–water partition coefficient (Wildman–Crippen LogP) is 0.257. The molecular weight excluding hydrogens is 200 g/mol. The summed E-state index contributed by atoms with van der Waals surface area (Å²) in [5, 5.41) is 19.5. The Morgan fingerprint density at radius 3 is 3.14 bits per heavy atom. The van der Waals surface area contributed by atoms with Crippen molar-refractivity contribution in [2.45, 2.75) is 24.5 Å². The van der Waals surface area contributed by atoms with Crippen LogP contribution in [0.2, 0.25) is 0 Å². The Kier molecular flexibility index (Phi) is 5.58. The van der Waals surface area contributed by atoms with E-state index in [1.54, 1.807) is 11.8 Å². The standard InChI is InChI=1S/C8H16N4OS/c1-2-9-7(3-4-13)5-14-8-10-6-11-12-8/h6-7,9,13H,2-5H2,1H3,(H,10,11,12). The molecule has 0 bridgehead atoms. The summed E-state index contributed by atoms with van der Waals surface area (Å²) in [5.41, 5.74) is 0. The van der Waals surface area contributed by atoms with Crippen molar-refractivity contribution in [2.75, 3.05) is 18.9 Å². The Morgan fingerprint density at radius 1 is 1.71 bits per heavy atom. The molecule has 0 aliphatic carbocycles. The summed E-state index contributed by atoms with van der Waals surface area (Å²) in [4.78, 5) is 4.01. The Balaban J connectivity index is 2.25. The van der Waals surface area contributed by atoms with E-state index in [0.717, 1.165) is 23.9 Å². The maximum Gasteiger partial charge on any atom is 0.183 e. The lowest BCUT2D eigenvalue weighted by Gasteiger charge is -2.14. The Labute approximate surface area is 87.7 Å². The summed E-state index contributed by atoms with van der Waals surface area (Å²) in [6.07, 6.45) is 2.27. The van der Waals surface area contributed by atoms with Gasteiger partial charge in [-0.25, -0.2) is 4.98 Å². The number of aliphatic hydroxyl groups is 1. The fraction of sp³-hybridized carbons (Fsp3) is 0.750. The molecule has 0 amide bonds. The largest absolute Gasteiger partial charge is 0.396 e. The van der Waals surface area contributed by atoms with Crippen molar-refractivity contribution in [1.82, 2.24) is 20.5 Å². The molecule has 1 aromatic heterocycles. The van der Waals surface area contributed by atoms with Crippen molar-refractivity contribution in [2.24, 2.45) is 0 Å². The van der Waals surface area contributed by atoms with Crippen LogP contribution in [0.5, 0.6) is 0 Å². The average molecular weight is 216 g/mol. The lowest BCUT2D eigenvalue weighted by atomic mass is 10.2. The predicted molar refractivity (Wildman–Crippen MR) is 56.3 cm³/mol. The van der Waals surface area contributed by atoms with Gasteiger partial charge in [0.1, 0.15) is 6.33 Å². The van der Waals surface area contributed by atoms with E-state index in [-0.39, 0.29) is 6.61 Å². The molecule has 3 N–H and O–H groups in total. The lowest BCUT2D eigenvalue weighted by molar-refractivity contribution is 0.271. The molecule has 1 heterocycles. The molecule has 0 spiro atoms. The third kappa shape index (κ3) is 4.08. The van der Waals surface area contributed by atoms with E-state index in [1.807, 2.05) is 0 Å². The van der Waals surface area contributed by atoms with Crippen LogP contribution in [-0.2, 0) is 0 Å². The minimum Gasteiger partial charge on any atom is -0.396 e. The van der Waals surface area contributed by atoms with Gasteiger partial charge in [0, 0.05) is 18.4 Å². The van der Waals surface area contributed by atoms with Gasteiger partial charge in [-0.2, -0.15) is 5.10 Å². The first kappa shape index (κ1) is 11.5. The molecule has 0 aromatic carbocycles. The van der Waals surface area contributed by atoms with E-state index in [2.05, 4.69) is 27.4 Å².